The Kier molecular flexibility index (Phi) is 64.1. The monoisotopic (exact) mass is 1240 g/mol. The number of nitrogens with zero attached hydrogens (tertiary/aromatic N) is 1. The van der Waals surface area contributed by atoms with Gasteiger partial charge in [-0.3, -0.25) is 14.2 Å². The first-order valence-electron chi connectivity index (χ1n) is 35.5. The average Bonchev–Trinajstić information content (AvgIpc) is 3.58. The minimum Gasteiger partial charge on any atom is -0.756 e. The molecule has 0 amide bonds. The number of unbranched alkanes of at least 4 members (excludes halogenated alkanes) is 26. The van der Waals surface area contributed by atoms with Crippen LogP contribution < -0.4 is 4.89 Å². The summed E-state index contributed by atoms with van der Waals surface area (Å²) < 4.78 is 34.3. The Balaban J connectivity index is 4.12. The summed E-state index contributed by atoms with van der Waals surface area (Å²) in [6, 6.07) is 0. The molecule has 0 aliphatic rings. The predicted molar refractivity (Wildman–Crippen MR) is 378 cm³/mol. The fourth-order valence-corrected chi connectivity index (χ4v) is 10.2. The molecule has 0 saturated heterocycles. The van der Waals surface area contributed by atoms with Crippen molar-refractivity contribution in [2.24, 2.45) is 0 Å². The molecule has 502 valence electrons. The topological polar surface area (TPSA) is 111 Å². The van der Waals surface area contributed by atoms with Crippen molar-refractivity contribution in [2.45, 2.75) is 290 Å². The number of rotatable bonds is 64. The van der Waals surface area contributed by atoms with Crippen molar-refractivity contribution in [2.75, 3.05) is 47.5 Å². The lowest BCUT2D eigenvalue weighted by molar-refractivity contribution is -0.870. The number of esters is 2. The van der Waals surface area contributed by atoms with E-state index in [1.165, 1.54) is 128 Å². The van der Waals surface area contributed by atoms with E-state index in [-0.39, 0.29) is 32.0 Å². The summed E-state index contributed by atoms with van der Waals surface area (Å²) in [4.78, 5) is 38.1. The molecule has 0 aromatic carbocycles. The number of phosphoric acid groups is 1. The Morgan fingerprint density at radius 3 is 0.977 bits per heavy atom. The Labute approximate surface area is 542 Å². The quantitative estimate of drug-likeness (QED) is 0.0195. The molecule has 0 fully saturated rings. The second kappa shape index (κ2) is 67.3. The third kappa shape index (κ3) is 71.0. The molecule has 0 N–H and O–H groups in total. The summed E-state index contributed by atoms with van der Waals surface area (Å²) in [6.07, 6.45) is 99.2. The van der Waals surface area contributed by atoms with Gasteiger partial charge in [-0.1, -0.05) is 295 Å². The van der Waals surface area contributed by atoms with Crippen LogP contribution in [0, 0.1) is 0 Å². The number of carbonyl (C=O) groups is 2. The van der Waals surface area contributed by atoms with Crippen LogP contribution in [0.2, 0.25) is 0 Å². The molecule has 0 aromatic heterocycles. The van der Waals surface area contributed by atoms with Gasteiger partial charge in [0, 0.05) is 12.8 Å². The molecule has 0 radical (unpaired) electrons. The normalized spacial score (nSPS) is 14.0. The number of hydrogen-bond donors (Lipinski definition) is 0. The maximum Gasteiger partial charge on any atom is 0.306 e. The molecule has 0 spiro atoms. The number of ether oxygens (including phenoxy) is 2. The van der Waals surface area contributed by atoms with Crippen LogP contribution in [0.25, 0.3) is 0 Å². The SMILES string of the molecule is CC/C=C\C/C=C\C/C=C\C/C=C\C/C=C\C/C=C\C/C=C\C/C=C\C/C=C\C/C=C\C/C=C\CCCCCCCCCC(=O)OC(COC(=O)CCCCCCCCCCCCC/C=C\CCCCCCCCCC)COP(=O)([O-])OCC[N+](C)(C)C. The lowest BCUT2D eigenvalue weighted by Crippen LogP contribution is -2.37. The van der Waals surface area contributed by atoms with Crippen LogP contribution in [0.1, 0.15) is 284 Å². The van der Waals surface area contributed by atoms with Gasteiger partial charge in [0.2, 0.25) is 0 Å². The van der Waals surface area contributed by atoms with Crippen molar-refractivity contribution in [1.29, 1.82) is 0 Å². The summed E-state index contributed by atoms with van der Waals surface area (Å²) in [5.74, 6) is -0.849. The molecule has 0 aliphatic heterocycles. The molecule has 0 rings (SSSR count). The van der Waals surface area contributed by atoms with Crippen LogP contribution in [-0.2, 0) is 32.7 Å². The number of quaternary nitrogens is 1. The van der Waals surface area contributed by atoms with Crippen molar-refractivity contribution in [3.8, 4) is 0 Å². The Hall–Kier alpha value is -4.11. The third-order valence-electron chi connectivity index (χ3n) is 14.8. The molecule has 0 aromatic rings. The van der Waals surface area contributed by atoms with E-state index in [4.69, 9.17) is 18.5 Å². The van der Waals surface area contributed by atoms with Gasteiger partial charge in [-0.05, 0) is 122 Å². The van der Waals surface area contributed by atoms with E-state index in [1.807, 2.05) is 21.1 Å². The van der Waals surface area contributed by atoms with Gasteiger partial charge in [-0.2, -0.15) is 0 Å². The van der Waals surface area contributed by atoms with E-state index in [0.717, 1.165) is 122 Å². The number of hydrogen-bond acceptors (Lipinski definition) is 8. The average molecular weight is 1240 g/mol. The highest BCUT2D eigenvalue weighted by molar-refractivity contribution is 7.45. The second-order valence-electron chi connectivity index (χ2n) is 24.5. The molecule has 0 aliphatic carbocycles. The highest BCUT2D eigenvalue weighted by Gasteiger charge is 2.22. The van der Waals surface area contributed by atoms with E-state index in [2.05, 4.69) is 160 Å². The predicted octanol–water partition coefficient (Wildman–Crippen LogP) is 22.7. The van der Waals surface area contributed by atoms with E-state index in [0.29, 0.717) is 17.4 Å². The van der Waals surface area contributed by atoms with Gasteiger partial charge >= 0.3 is 11.9 Å². The number of carbonyl (C=O) groups excluding carboxylic acids is 2. The maximum atomic E-state index is 12.9. The fourth-order valence-electron chi connectivity index (χ4n) is 9.42. The summed E-state index contributed by atoms with van der Waals surface area (Å²) in [5, 5.41) is 0. The fraction of sp³-hybridized carbons (Fsp3) is 0.667. The summed E-state index contributed by atoms with van der Waals surface area (Å²) in [6.45, 7) is 4.12. The summed E-state index contributed by atoms with van der Waals surface area (Å²) >= 11 is 0. The number of phosphoric ester groups is 1. The maximum absolute atomic E-state index is 12.9. The van der Waals surface area contributed by atoms with Gasteiger partial charge < -0.3 is 27.9 Å². The van der Waals surface area contributed by atoms with Gasteiger partial charge in [0.25, 0.3) is 7.82 Å². The smallest absolute Gasteiger partial charge is 0.306 e. The zero-order valence-corrected chi connectivity index (χ0v) is 58.0. The molecule has 0 saturated carbocycles. The standard InChI is InChI=1S/C78H132NO8P/c1-6-8-10-12-14-16-18-20-22-24-26-28-30-31-32-33-34-35-36-37-38-39-40-41-42-43-44-45-46-47-49-51-53-55-57-59-61-63-65-67-69-71-78(81)87-76(75-86-88(82,83)85-73-72-79(3,4)5)74-84-77(80)70-68-66-64-62-60-58-56-54-52-50-48-29-27-25-23-21-19-17-15-13-11-9-7-2/h8,10,14,16,20,22,25-28,31-32,34-35,37-38,40-41,43-44,46-47,51,53,76H,6-7,9,11-13,15,17-19,21,23-24,29-30,33,36,39,42,45,48-50,52,54-75H2,1-5H3/b10-8-,16-14-,22-20-,27-25-,28-26-,32-31-,35-34-,38-37-,41-40-,44-43-,47-46-,53-51-. The zero-order chi connectivity index (χ0) is 64.1. The van der Waals surface area contributed by atoms with Crippen molar-refractivity contribution < 1.29 is 42.1 Å². The third-order valence-corrected chi connectivity index (χ3v) is 15.8. The largest absolute Gasteiger partial charge is 0.756 e. The Bertz CT molecular complexity index is 2000. The first kappa shape index (κ1) is 83.9. The molecule has 0 heterocycles. The highest BCUT2D eigenvalue weighted by atomic mass is 31.2. The molecule has 2 unspecified atom stereocenters. The van der Waals surface area contributed by atoms with Crippen LogP contribution >= 0.6 is 7.82 Å². The highest BCUT2D eigenvalue weighted by Crippen LogP contribution is 2.38. The molecule has 0 bridgehead atoms. The van der Waals surface area contributed by atoms with Crippen LogP contribution in [0.3, 0.4) is 0 Å². The molecule has 2 atom stereocenters. The van der Waals surface area contributed by atoms with Crippen molar-refractivity contribution in [3.05, 3.63) is 146 Å². The summed E-state index contributed by atoms with van der Waals surface area (Å²) in [5.41, 5.74) is 0. The Morgan fingerprint density at radius 1 is 0.364 bits per heavy atom. The Morgan fingerprint density at radius 2 is 0.648 bits per heavy atom. The second-order valence-corrected chi connectivity index (χ2v) is 25.9. The van der Waals surface area contributed by atoms with E-state index in [9.17, 15) is 19.0 Å². The molecule has 10 heteroatoms. The minimum atomic E-state index is -4.65. The zero-order valence-electron chi connectivity index (χ0n) is 57.1. The molecule has 9 nitrogen and oxygen atoms in total. The lowest BCUT2D eigenvalue weighted by Gasteiger charge is -2.28. The van der Waals surface area contributed by atoms with Crippen LogP contribution in [-0.4, -0.2) is 70.0 Å². The van der Waals surface area contributed by atoms with E-state index in [1.54, 1.807) is 0 Å². The van der Waals surface area contributed by atoms with Gasteiger partial charge in [0.1, 0.15) is 19.8 Å². The number of allylic oxidation sites excluding steroid dienone is 24. The van der Waals surface area contributed by atoms with Crippen LogP contribution in [0.4, 0.5) is 0 Å². The van der Waals surface area contributed by atoms with Gasteiger partial charge in [0.05, 0.1) is 27.7 Å². The molecule has 88 heavy (non-hydrogen) atoms. The van der Waals surface area contributed by atoms with Crippen LogP contribution in [0.5, 0.6) is 0 Å². The summed E-state index contributed by atoms with van der Waals surface area (Å²) in [7, 11) is 1.15. The minimum absolute atomic E-state index is 0.0394. The van der Waals surface area contributed by atoms with Crippen molar-refractivity contribution in [3.63, 3.8) is 0 Å². The van der Waals surface area contributed by atoms with Crippen molar-refractivity contribution >= 4 is 19.8 Å². The van der Waals surface area contributed by atoms with Gasteiger partial charge in [-0.25, -0.2) is 0 Å². The van der Waals surface area contributed by atoms with E-state index < -0.39 is 26.5 Å². The first-order valence-corrected chi connectivity index (χ1v) is 37.0. The first-order chi connectivity index (χ1) is 43.0. The van der Waals surface area contributed by atoms with Crippen molar-refractivity contribution in [1.82, 2.24) is 0 Å². The number of likely N-dealkylation sites (N-methyl/N-ethyl adjacent to an activating group) is 1. The van der Waals surface area contributed by atoms with Crippen LogP contribution in [0.15, 0.2) is 146 Å². The lowest BCUT2D eigenvalue weighted by atomic mass is 10.0. The molecular weight excluding hydrogens is 1110 g/mol. The van der Waals surface area contributed by atoms with Gasteiger partial charge in [0.15, 0.2) is 6.10 Å². The van der Waals surface area contributed by atoms with Gasteiger partial charge in [-0.15, -0.1) is 0 Å². The molecular formula is C78H132NO8P. The van der Waals surface area contributed by atoms with E-state index >= 15 is 0 Å².